The third kappa shape index (κ3) is 6.79. The van der Waals surface area contributed by atoms with Crippen LogP contribution in [0.3, 0.4) is 0 Å². The van der Waals surface area contributed by atoms with Crippen molar-refractivity contribution in [3.8, 4) is 0 Å². The van der Waals surface area contributed by atoms with Gasteiger partial charge in [-0.1, -0.05) is 48.5 Å². The standard InChI is InChI=1S/C35H39N5O3/c1-24(41)39-19-5-9-29(39)23-33(42)36-28-16-13-25(14-17-28)11-12-27-15-18-30-31(21-27)38-35(37-30)32-10-6-20-40(32)34(43)22-26-7-3-2-4-8-26/h2-4,7-8,13-18,21,29,32H,5-6,9-12,19-20,22-23H2,1H3,(H,36,42)(H,37,38)/t29-,32-/m0/s1. The Morgan fingerprint density at radius 1 is 0.860 bits per heavy atom. The van der Waals surface area contributed by atoms with Gasteiger partial charge in [-0.05, 0) is 79.5 Å². The van der Waals surface area contributed by atoms with Crippen molar-refractivity contribution >= 4 is 34.4 Å². The molecule has 2 atom stereocenters. The largest absolute Gasteiger partial charge is 0.340 e. The molecule has 2 fully saturated rings. The molecule has 2 aliphatic heterocycles. The van der Waals surface area contributed by atoms with Gasteiger partial charge >= 0.3 is 0 Å². The van der Waals surface area contributed by atoms with Gasteiger partial charge in [-0.15, -0.1) is 0 Å². The second-order valence-electron chi connectivity index (χ2n) is 11.8. The van der Waals surface area contributed by atoms with Gasteiger partial charge in [0.15, 0.2) is 0 Å². The molecule has 1 aromatic heterocycles. The number of rotatable bonds is 9. The Labute approximate surface area is 252 Å². The first-order chi connectivity index (χ1) is 20.9. The number of nitrogens with one attached hydrogen (secondary N) is 2. The number of H-pyrrole nitrogens is 1. The predicted octanol–water partition coefficient (Wildman–Crippen LogP) is 5.59. The van der Waals surface area contributed by atoms with E-state index in [0.717, 1.165) is 79.7 Å². The molecule has 3 amide bonds. The molecular formula is C35H39N5O3. The Bertz CT molecular complexity index is 1600. The number of fused-ring (bicyclic) bond motifs is 1. The van der Waals surface area contributed by atoms with Gasteiger partial charge in [-0.25, -0.2) is 4.98 Å². The van der Waals surface area contributed by atoms with Crippen molar-refractivity contribution in [2.45, 2.75) is 70.4 Å². The number of anilines is 1. The quantitative estimate of drug-likeness (QED) is 0.271. The lowest BCUT2D eigenvalue weighted by Crippen LogP contribution is -2.36. The minimum absolute atomic E-state index is 0.000653. The minimum atomic E-state index is -0.0561. The summed E-state index contributed by atoms with van der Waals surface area (Å²) in [6.45, 7) is 3.08. The van der Waals surface area contributed by atoms with Gasteiger partial charge in [0.1, 0.15) is 5.82 Å². The highest BCUT2D eigenvalue weighted by Crippen LogP contribution is 2.32. The average molecular weight is 578 g/mol. The summed E-state index contributed by atoms with van der Waals surface area (Å²) in [5.41, 5.74) is 6.14. The summed E-state index contributed by atoms with van der Waals surface area (Å²) in [5, 5.41) is 2.98. The third-order valence-corrected chi connectivity index (χ3v) is 8.79. The summed E-state index contributed by atoms with van der Waals surface area (Å²) in [4.78, 5) is 49.6. The second kappa shape index (κ2) is 12.8. The van der Waals surface area contributed by atoms with Gasteiger partial charge in [-0.2, -0.15) is 0 Å². The maximum absolute atomic E-state index is 13.1. The highest BCUT2D eigenvalue weighted by molar-refractivity contribution is 5.91. The molecule has 2 N–H and O–H groups in total. The van der Waals surface area contributed by atoms with Crippen LogP contribution >= 0.6 is 0 Å². The summed E-state index contributed by atoms with van der Waals surface area (Å²) in [6, 6.07) is 24.3. The maximum atomic E-state index is 13.1. The highest BCUT2D eigenvalue weighted by Gasteiger charge is 2.32. The van der Waals surface area contributed by atoms with Crippen molar-refractivity contribution in [2.24, 2.45) is 0 Å². The normalized spacial score (nSPS) is 18.3. The van der Waals surface area contributed by atoms with Crippen molar-refractivity contribution in [2.75, 3.05) is 18.4 Å². The van der Waals surface area contributed by atoms with E-state index in [2.05, 4.69) is 40.6 Å². The van der Waals surface area contributed by atoms with Crippen LogP contribution in [-0.2, 0) is 33.6 Å². The molecule has 0 bridgehead atoms. The Hall–Kier alpha value is -4.46. The van der Waals surface area contributed by atoms with E-state index < -0.39 is 0 Å². The number of benzene rings is 3. The van der Waals surface area contributed by atoms with Crippen molar-refractivity contribution in [1.82, 2.24) is 19.8 Å². The molecule has 0 radical (unpaired) electrons. The van der Waals surface area contributed by atoms with E-state index in [1.165, 1.54) is 11.1 Å². The van der Waals surface area contributed by atoms with Crippen LogP contribution in [-0.4, -0.2) is 56.6 Å². The van der Waals surface area contributed by atoms with E-state index in [1.54, 1.807) is 6.92 Å². The lowest BCUT2D eigenvalue weighted by atomic mass is 10.0. The predicted molar refractivity (Wildman–Crippen MR) is 167 cm³/mol. The van der Waals surface area contributed by atoms with Gasteiger partial charge in [-0.3, -0.25) is 14.4 Å². The average Bonchev–Trinajstić information content (AvgIpc) is 3.76. The SMILES string of the molecule is CC(=O)N1CCC[C@H]1CC(=O)Nc1ccc(CCc2ccc3nc([C@@H]4CCCN4C(=O)Cc4ccccc4)[nH]c3c2)cc1. The molecule has 8 nitrogen and oxygen atoms in total. The van der Waals surface area contributed by atoms with Crippen LogP contribution in [0.5, 0.6) is 0 Å². The van der Waals surface area contributed by atoms with Gasteiger partial charge in [0, 0.05) is 38.2 Å². The molecule has 0 spiro atoms. The van der Waals surface area contributed by atoms with E-state index in [4.69, 9.17) is 4.98 Å². The topological polar surface area (TPSA) is 98.4 Å². The molecule has 3 aromatic carbocycles. The van der Waals surface area contributed by atoms with E-state index in [-0.39, 0.29) is 29.8 Å². The zero-order valence-electron chi connectivity index (χ0n) is 24.7. The van der Waals surface area contributed by atoms with Crippen molar-refractivity contribution < 1.29 is 14.4 Å². The first-order valence-corrected chi connectivity index (χ1v) is 15.4. The molecule has 222 valence electrons. The number of hydrogen-bond acceptors (Lipinski definition) is 4. The number of carbonyl (C=O) groups is 3. The minimum Gasteiger partial charge on any atom is -0.340 e. The molecule has 0 aliphatic carbocycles. The fourth-order valence-corrected chi connectivity index (χ4v) is 6.54. The van der Waals surface area contributed by atoms with E-state index in [9.17, 15) is 14.4 Å². The van der Waals surface area contributed by atoms with Crippen LogP contribution in [0.15, 0.2) is 72.8 Å². The Morgan fingerprint density at radius 3 is 2.37 bits per heavy atom. The fourth-order valence-electron chi connectivity index (χ4n) is 6.54. The van der Waals surface area contributed by atoms with Crippen LogP contribution in [0.1, 0.15) is 67.6 Å². The fraction of sp³-hybridized carbons (Fsp3) is 0.371. The van der Waals surface area contributed by atoms with Crippen LogP contribution in [0.4, 0.5) is 5.69 Å². The summed E-state index contributed by atoms with van der Waals surface area (Å²) >= 11 is 0. The zero-order valence-corrected chi connectivity index (χ0v) is 24.7. The lowest BCUT2D eigenvalue weighted by molar-refractivity contribution is -0.132. The number of likely N-dealkylation sites (tertiary alicyclic amines) is 2. The van der Waals surface area contributed by atoms with Crippen molar-refractivity contribution in [1.29, 1.82) is 0 Å². The van der Waals surface area contributed by atoms with Gasteiger partial charge in [0.2, 0.25) is 17.7 Å². The molecule has 2 aliphatic rings. The molecule has 8 heteroatoms. The molecule has 2 saturated heterocycles. The molecule has 43 heavy (non-hydrogen) atoms. The number of hydrogen-bond donors (Lipinski definition) is 2. The van der Waals surface area contributed by atoms with Crippen LogP contribution in [0.25, 0.3) is 11.0 Å². The lowest BCUT2D eigenvalue weighted by Gasteiger charge is -2.23. The second-order valence-corrected chi connectivity index (χ2v) is 11.8. The van der Waals surface area contributed by atoms with Crippen LogP contribution < -0.4 is 5.32 Å². The number of imidazole rings is 1. The monoisotopic (exact) mass is 577 g/mol. The van der Waals surface area contributed by atoms with Gasteiger partial charge in [0.05, 0.1) is 23.5 Å². The molecule has 4 aromatic rings. The highest BCUT2D eigenvalue weighted by atomic mass is 16.2. The van der Waals surface area contributed by atoms with Gasteiger partial charge < -0.3 is 20.1 Å². The summed E-state index contributed by atoms with van der Waals surface area (Å²) < 4.78 is 0. The van der Waals surface area contributed by atoms with Crippen molar-refractivity contribution in [3.63, 3.8) is 0 Å². The summed E-state index contributed by atoms with van der Waals surface area (Å²) in [6.07, 6.45) is 6.23. The Balaban J connectivity index is 1.03. The van der Waals surface area contributed by atoms with Gasteiger partial charge in [0.25, 0.3) is 0 Å². The molecule has 0 unspecified atom stereocenters. The number of aromatic amines is 1. The Morgan fingerprint density at radius 2 is 1.58 bits per heavy atom. The van der Waals surface area contributed by atoms with Crippen LogP contribution in [0, 0.1) is 0 Å². The van der Waals surface area contributed by atoms with Crippen molar-refractivity contribution in [3.05, 3.63) is 95.3 Å². The summed E-state index contributed by atoms with van der Waals surface area (Å²) in [7, 11) is 0. The smallest absolute Gasteiger partial charge is 0.227 e. The number of amides is 3. The number of carbonyl (C=O) groups excluding carboxylic acids is 3. The van der Waals surface area contributed by atoms with E-state index >= 15 is 0 Å². The van der Waals surface area contributed by atoms with Crippen LogP contribution in [0.2, 0.25) is 0 Å². The first-order valence-electron chi connectivity index (χ1n) is 15.4. The molecular weight excluding hydrogens is 538 g/mol. The number of aromatic nitrogens is 2. The maximum Gasteiger partial charge on any atom is 0.227 e. The Kier molecular flexibility index (Phi) is 8.54. The zero-order chi connectivity index (χ0) is 29.8. The number of aryl methyl sites for hydroxylation is 2. The molecule has 0 saturated carbocycles. The third-order valence-electron chi connectivity index (χ3n) is 8.79. The number of nitrogens with zero attached hydrogens (tertiary/aromatic N) is 3. The summed E-state index contributed by atoms with van der Waals surface area (Å²) in [5.74, 6) is 0.997. The van der Waals surface area contributed by atoms with E-state index in [0.29, 0.717) is 12.8 Å². The first kappa shape index (κ1) is 28.6. The van der Waals surface area contributed by atoms with E-state index in [1.807, 2.05) is 52.3 Å². The molecule has 6 rings (SSSR count). The molecule has 3 heterocycles.